The highest BCUT2D eigenvalue weighted by Gasteiger charge is 2.47. The van der Waals surface area contributed by atoms with Crippen molar-refractivity contribution < 1.29 is 23.9 Å². The minimum Gasteiger partial charge on any atom is -0.468 e. The van der Waals surface area contributed by atoms with Crippen LogP contribution in [0.4, 0.5) is 0 Å². The Kier molecular flexibility index (Phi) is 7.00. The zero-order valence-corrected chi connectivity index (χ0v) is 21.6. The zero-order valence-electron chi connectivity index (χ0n) is 21.6. The van der Waals surface area contributed by atoms with Crippen molar-refractivity contribution in [2.75, 3.05) is 7.11 Å². The number of ketones is 1. The van der Waals surface area contributed by atoms with Crippen molar-refractivity contribution in [2.24, 2.45) is 11.8 Å². The van der Waals surface area contributed by atoms with E-state index >= 15 is 0 Å². The van der Waals surface area contributed by atoms with Crippen LogP contribution in [0.5, 0.6) is 0 Å². The zero-order chi connectivity index (χ0) is 26.1. The van der Waals surface area contributed by atoms with Crippen molar-refractivity contribution in [3.05, 3.63) is 82.7 Å². The average Bonchev–Trinajstić information content (AvgIpc) is 3.41. The molecule has 2 aromatic rings. The molecule has 0 aromatic heterocycles. The molecule has 2 aromatic carbocycles. The summed E-state index contributed by atoms with van der Waals surface area (Å²) in [6.45, 7) is 3.75. The van der Waals surface area contributed by atoms with Crippen LogP contribution in [0.1, 0.15) is 57.4 Å². The van der Waals surface area contributed by atoms with Gasteiger partial charge in [-0.3, -0.25) is 9.59 Å². The van der Waals surface area contributed by atoms with Crippen molar-refractivity contribution in [3.8, 4) is 11.1 Å². The van der Waals surface area contributed by atoms with E-state index in [1.165, 1.54) is 7.11 Å². The molecule has 1 saturated carbocycles. The van der Waals surface area contributed by atoms with Crippen molar-refractivity contribution in [3.63, 3.8) is 0 Å². The number of nitrogens with one attached hydrogen (secondary N) is 1. The summed E-state index contributed by atoms with van der Waals surface area (Å²) in [5.41, 5.74) is 5.30. The van der Waals surface area contributed by atoms with Gasteiger partial charge in [0.25, 0.3) is 0 Å². The lowest BCUT2D eigenvalue weighted by Crippen LogP contribution is -2.43. The molecule has 0 spiro atoms. The molecule has 0 saturated heterocycles. The smallest absolute Gasteiger partial charge is 0.337 e. The van der Waals surface area contributed by atoms with Crippen LogP contribution in [0, 0.1) is 11.8 Å². The fourth-order valence-corrected chi connectivity index (χ4v) is 6.00. The van der Waals surface area contributed by atoms with E-state index in [2.05, 4.69) is 5.32 Å². The summed E-state index contributed by atoms with van der Waals surface area (Å²) in [4.78, 5) is 40.1. The standard InChI is InChI=1S/C31H33NO5/c1-18-17-24-28(29(33)25(18)30(34)36-3)27(22-15-13-21(14-16-22)20-9-5-4-6-10-20)26(19(2)32-24)31(35)37-23-11-7-8-12-23/h4-6,9-10,13-16,18,23,25,27,32H,7-8,11-12,17H2,1-3H3/t18-,25-,27-/m1/s1. The largest absolute Gasteiger partial charge is 0.468 e. The summed E-state index contributed by atoms with van der Waals surface area (Å²) in [5, 5.41) is 3.33. The number of esters is 2. The number of rotatable bonds is 5. The van der Waals surface area contributed by atoms with E-state index in [1.807, 2.05) is 68.4 Å². The summed E-state index contributed by atoms with van der Waals surface area (Å²) in [5.74, 6) is -2.97. The van der Waals surface area contributed by atoms with E-state index in [-0.39, 0.29) is 17.8 Å². The highest BCUT2D eigenvalue weighted by molar-refractivity contribution is 6.12. The van der Waals surface area contributed by atoms with Crippen LogP contribution < -0.4 is 5.32 Å². The molecule has 1 fully saturated rings. The number of carbonyl (C=O) groups is 3. The quantitative estimate of drug-likeness (QED) is 0.435. The Morgan fingerprint density at radius 1 is 0.946 bits per heavy atom. The first-order valence-electron chi connectivity index (χ1n) is 13.1. The molecule has 2 aliphatic carbocycles. The fourth-order valence-electron chi connectivity index (χ4n) is 6.00. The number of benzene rings is 2. The second-order valence-electron chi connectivity index (χ2n) is 10.3. The Hall–Kier alpha value is -3.67. The van der Waals surface area contributed by atoms with Crippen LogP contribution in [0.3, 0.4) is 0 Å². The van der Waals surface area contributed by atoms with E-state index in [9.17, 15) is 14.4 Å². The maximum Gasteiger partial charge on any atom is 0.337 e. The summed E-state index contributed by atoms with van der Waals surface area (Å²) in [7, 11) is 1.31. The minimum absolute atomic E-state index is 0.103. The van der Waals surface area contributed by atoms with Crippen LogP contribution in [0.25, 0.3) is 11.1 Å². The van der Waals surface area contributed by atoms with Crippen LogP contribution in [-0.4, -0.2) is 30.9 Å². The van der Waals surface area contributed by atoms with Crippen molar-refractivity contribution in [1.82, 2.24) is 5.32 Å². The first-order valence-corrected chi connectivity index (χ1v) is 13.1. The number of carbonyl (C=O) groups excluding carboxylic acids is 3. The van der Waals surface area contributed by atoms with Gasteiger partial charge in [-0.2, -0.15) is 0 Å². The highest BCUT2D eigenvalue weighted by Crippen LogP contribution is 2.46. The monoisotopic (exact) mass is 499 g/mol. The number of dihydropyridines is 1. The predicted molar refractivity (Wildman–Crippen MR) is 140 cm³/mol. The number of hydrogen-bond donors (Lipinski definition) is 1. The molecule has 1 heterocycles. The maximum atomic E-state index is 13.9. The molecule has 37 heavy (non-hydrogen) atoms. The Balaban J connectivity index is 1.58. The molecular formula is C31H33NO5. The van der Waals surface area contributed by atoms with Gasteiger partial charge in [-0.1, -0.05) is 61.5 Å². The van der Waals surface area contributed by atoms with Gasteiger partial charge in [-0.25, -0.2) is 4.79 Å². The van der Waals surface area contributed by atoms with E-state index in [0.717, 1.165) is 48.1 Å². The molecule has 192 valence electrons. The Labute approximate surface area is 217 Å². The lowest BCUT2D eigenvalue weighted by molar-refractivity contribution is -0.151. The number of allylic oxidation sites excluding steroid dienone is 3. The van der Waals surface area contributed by atoms with Crippen molar-refractivity contribution in [1.29, 1.82) is 0 Å². The predicted octanol–water partition coefficient (Wildman–Crippen LogP) is 5.45. The van der Waals surface area contributed by atoms with Crippen LogP contribution in [-0.2, 0) is 23.9 Å². The van der Waals surface area contributed by atoms with Gasteiger partial charge in [0, 0.05) is 22.9 Å². The van der Waals surface area contributed by atoms with E-state index in [1.54, 1.807) is 0 Å². The third-order valence-corrected chi connectivity index (χ3v) is 7.89. The number of ether oxygens (including phenoxy) is 2. The second kappa shape index (κ2) is 10.4. The van der Waals surface area contributed by atoms with Crippen LogP contribution in [0.2, 0.25) is 0 Å². The fraction of sp³-hybridized carbons (Fsp3) is 0.387. The second-order valence-corrected chi connectivity index (χ2v) is 10.3. The molecule has 1 aliphatic heterocycles. The lowest BCUT2D eigenvalue weighted by atomic mass is 9.69. The molecule has 6 heteroatoms. The number of hydrogen-bond acceptors (Lipinski definition) is 6. The Morgan fingerprint density at radius 3 is 2.24 bits per heavy atom. The highest BCUT2D eigenvalue weighted by atomic mass is 16.5. The number of Topliss-reactive ketones (excluding diaryl/α,β-unsaturated/α-hetero) is 1. The van der Waals surface area contributed by atoms with E-state index < -0.39 is 23.8 Å². The van der Waals surface area contributed by atoms with Gasteiger partial charge in [0.05, 0.1) is 12.7 Å². The van der Waals surface area contributed by atoms with Gasteiger partial charge in [0.2, 0.25) is 0 Å². The normalized spacial score (nSPS) is 24.0. The molecule has 3 atom stereocenters. The third kappa shape index (κ3) is 4.73. The summed E-state index contributed by atoms with van der Waals surface area (Å²) in [6, 6.07) is 18.0. The minimum atomic E-state index is -0.901. The number of methoxy groups -OCH3 is 1. The molecule has 3 aliphatic rings. The van der Waals surface area contributed by atoms with Crippen LogP contribution in [0.15, 0.2) is 77.1 Å². The van der Waals surface area contributed by atoms with E-state index in [4.69, 9.17) is 9.47 Å². The van der Waals surface area contributed by atoms with Gasteiger partial charge in [-0.15, -0.1) is 0 Å². The first-order chi connectivity index (χ1) is 17.9. The van der Waals surface area contributed by atoms with Crippen molar-refractivity contribution >= 4 is 17.7 Å². The molecule has 0 bridgehead atoms. The maximum absolute atomic E-state index is 13.9. The van der Waals surface area contributed by atoms with Gasteiger partial charge >= 0.3 is 11.9 Å². The molecular weight excluding hydrogens is 466 g/mol. The van der Waals surface area contributed by atoms with E-state index in [0.29, 0.717) is 23.3 Å². The van der Waals surface area contributed by atoms with Gasteiger partial charge in [0.1, 0.15) is 12.0 Å². The first kappa shape index (κ1) is 25.0. The Bertz CT molecular complexity index is 1270. The SMILES string of the molecule is COC(=O)[C@H]1C(=O)C2=C(C[C@H]1C)NC(C)=C(C(=O)OC1CCCC1)[C@H]2c1ccc(-c2ccccc2)cc1. The molecule has 1 N–H and O–H groups in total. The molecule has 5 rings (SSSR count). The average molecular weight is 500 g/mol. The van der Waals surface area contributed by atoms with Gasteiger partial charge < -0.3 is 14.8 Å². The summed E-state index contributed by atoms with van der Waals surface area (Å²) in [6.07, 6.45) is 4.22. The van der Waals surface area contributed by atoms with Gasteiger partial charge in [-0.05, 0) is 61.6 Å². The summed E-state index contributed by atoms with van der Waals surface area (Å²) < 4.78 is 10.9. The lowest BCUT2D eigenvalue weighted by Gasteiger charge is -2.38. The van der Waals surface area contributed by atoms with Gasteiger partial charge in [0.15, 0.2) is 5.78 Å². The van der Waals surface area contributed by atoms with Crippen LogP contribution >= 0.6 is 0 Å². The summed E-state index contributed by atoms with van der Waals surface area (Å²) >= 11 is 0. The molecule has 0 radical (unpaired) electrons. The molecule has 0 unspecified atom stereocenters. The molecule has 0 amide bonds. The molecule has 6 nitrogen and oxygen atoms in total. The van der Waals surface area contributed by atoms with Crippen molar-refractivity contribution in [2.45, 2.75) is 58.0 Å². The Morgan fingerprint density at radius 2 is 1.59 bits per heavy atom. The topological polar surface area (TPSA) is 81.7 Å². The third-order valence-electron chi connectivity index (χ3n) is 7.89.